The van der Waals surface area contributed by atoms with E-state index < -0.39 is 0 Å². The van der Waals surface area contributed by atoms with Gasteiger partial charge in [-0.05, 0) is 45.1 Å². The number of carbonyl (C=O) groups excluding carboxylic acids is 1. The van der Waals surface area contributed by atoms with Gasteiger partial charge in [-0.25, -0.2) is 4.79 Å². The minimum absolute atomic E-state index is 0.234. The Morgan fingerprint density at radius 2 is 2.00 bits per heavy atom. The van der Waals surface area contributed by atoms with Crippen LogP contribution < -0.4 is 0 Å². The summed E-state index contributed by atoms with van der Waals surface area (Å²) in [4.78, 5) is 11.2. The normalized spacial score (nSPS) is 17.5. The summed E-state index contributed by atoms with van der Waals surface area (Å²) in [7, 11) is 0. The van der Waals surface area contributed by atoms with Gasteiger partial charge in [0.2, 0.25) is 0 Å². The number of hydrogen-bond donors (Lipinski definition) is 0. The average Bonchev–Trinajstić information content (AvgIpc) is 2.19. The highest BCUT2D eigenvalue weighted by Gasteiger charge is 2.05. The molecule has 0 unspecified atom stereocenters. The third-order valence-electron chi connectivity index (χ3n) is 2.56. The van der Waals surface area contributed by atoms with Crippen molar-refractivity contribution in [3.63, 3.8) is 0 Å². The molecule has 0 radical (unpaired) electrons. The predicted molar refractivity (Wildman–Crippen MR) is 61.6 cm³/mol. The first kappa shape index (κ1) is 12.0. The summed E-state index contributed by atoms with van der Waals surface area (Å²) in [5.41, 5.74) is 2.48. The van der Waals surface area contributed by atoms with Crippen LogP contribution in [0.5, 0.6) is 0 Å². The van der Waals surface area contributed by atoms with Crippen molar-refractivity contribution in [2.24, 2.45) is 0 Å². The molecule has 2 nitrogen and oxygen atoms in total. The summed E-state index contributed by atoms with van der Waals surface area (Å²) in [6, 6.07) is 0. The molecule has 0 aromatic carbocycles. The number of allylic oxidation sites excluding steroid dienone is 3. The van der Waals surface area contributed by atoms with Gasteiger partial charge in [0.15, 0.2) is 0 Å². The molecule has 1 aliphatic rings. The molecule has 0 N–H and O–H groups in total. The molecule has 0 heterocycles. The second-order valence-corrected chi connectivity index (χ2v) is 4.00. The molecular weight excluding hydrogens is 188 g/mol. The molecule has 0 aromatic rings. The minimum Gasteiger partial charge on any atom is -0.463 e. The van der Waals surface area contributed by atoms with Crippen LogP contribution in [0.1, 0.15) is 46.0 Å². The van der Waals surface area contributed by atoms with Crippen LogP contribution in [0.4, 0.5) is 0 Å². The maximum Gasteiger partial charge on any atom is 0.330 e. The lowest BCUT2D eigenvalue weighted by Crippen LogP contribution is -2.00. The molecule has 0 aromatic heterocycles. The Bertz CT molecular complexity index is 266. The molecule has 1 fully saturated rings. The standard InChI is InChI=1S/C13H20O2/c1-3-15-13(14)10-11(2)9-12-7-5-4-6-8-12/h9-10H,3-8H2,1-2H3. The molecule has 1 saturated carbocycles. The molecule has 0 atom stereocenters. The lowest BCUT2D eigenvalue weighted by molar-refractivity contribution is -0.137. The van der Waals surface area contributed by atoms with E-state index >= 15 is 0 Å². The van der Waals surface area contributed by atoms with Crippen molar-refractivity contribution >= 4 is 5.97 Å². The zero-order chi connectivity index (χ0) is 11.1. The van der Waals surface area contributed by atoms with Crippen LogP contribution in [0.3, 0.4) is 0 Å². The third-order valence-corrected chi connectivity index (χ3v) is 2.56. The highest BCUT2D eigenvalue weighted by Crippen LogP contribution is 2.23. The van der Waals surface area contributed by atoms with Gasteiger partial charge in [0, 0.05) is 6.08 Å². The lowest BCUT2D eigenvalue weighted by Gasteiger charge is -2.13. The monoisotopic (exact) mass is 208 g/mol. The topological polar surface area (TPSA) is 26.3 Å². The van der Waals surface area contributed by atoms with E-state index in [1.807, 2.05) is 13.8 Å². The van der Waals surface area contributed by atoms with Crippen molar-refractivity contribution in [2.45, 2.75) is 46.0 Å². The number of carbonyl (C=O) groups is 1. The van der Waals surface area contributed by atoms with Crippen molar-refractivity contribution in [1.82, 2.24) is 0 Å². The van der Waals surface area contributed by atoms with Crippen LogP contribution in [-0.4, -0.2) is 12.6 Å². The van der Waals surface area contributed by atoms with E-state index in [1.165, 1.54) is 37.7 Å². The Kier molecular flexibility index (Phi) is 5.16. The van der Waals surface area contributed by atoms with Crippen LogP contribution in [0.2, 0.25) is 0 Å². The van der Waals surface area contributed by atoms with Gasteiger partial charge in [-0.15, -0.1) is 0 Å². The highest BCUT2D eigenvalue weighted by atomic mass is 16.5. The smallest absolute Gasteiger partial charge is 0.330 e. The fourth-order valence-electron chi connectivity index (χ4n) is 1.88. The van der Waals surface area contributed by atoms with E-state index in [0.29, 0.717) is 6.61 Å². The average molecular weight is 208 g/mol. The predicted octanol–water partition coefficient (Wildman–Crippen LogP) is 3.39. The van der Waals surface area contributed by atoms with Crippen molar-refractivity contribution in [1.29, 1.82) is 0 Å². The summed E-state index contributed by atoms with van der Waals surface area (Å²) < 4.78 is 4.86. The quantitative estimate of drug-likeness (QED) is 0.525. The molecule has 1 rings (SSSR count). The zero-order valence-electron chi connectivity index (χ0n) is 9.71. The Balaban J connectivity index is 2.51. The van der Waals surface area contributed by atoms with Gasteiger partial charge in [0.05, 0.1) is 6.61 Å². The zero-order valence-corrected chi connectivity index (χ0v) is 9.71. The van der Waals surface area contributed by atoms with Gasteiger partial charge in [0.1, 0.15) is 0 Å². The largest absolute Gasteiger partial charge is 0.463 e. The van der Waals surface area contributed by atoms with Crippen LogP contribution >= 0.6 is 0 Å². The Labute approximate surface area is 92.0 Å². The molecule has 15 heavy (non-hydrogen) atoms. The molecule has 2 heteroatoms. The number of esters is 1. The van der Waals surface area contributed by atoms with E-state index in [-0.39, 0.29) is 5.97 Å². The first-order chi connectivity index (χ1) is 7.22. The van der Waals surface area contributed by atoms with Crippen LogP contribution in [-0.2, 0) is 9.53 Å². The molecule has 0 saturated heterocycles. The van der Waals surface area contributed by atoms with Crippen LogP contribution in [0.25, 0.3) is 0 Å². The van der Waals surface area contributed by atoms with Gasteiger partial charge in [0.25, 0.3) is 0 Å². The van der Waals surface area contributed by atoms with E-state index in [4.69, 9.17) is 4.74 Å². The molecular formula is C13H20O2. The van der Waals surface area contributed by atoms with Gasteiger partial charge >= 0.3 is 5.97 Å². The van der Waals surface area contributed by atoms with Gasteiger partial charge < -0.3 is 4.74 Å². The van der Waals surface area contributed by atoms with Crippen molar-refractivity contribution in [3.05, 3.63) is 23.3 Å². The maximum absolute atomic E-state index is 11.2. The van der Waals surface area contributed by atoms with Gasteiger partial charge in [-0.3, -0.25) is 0 Å². The SMILES string of the molecule is CCOC(=O)C=C(C)C=C1CCCCC1. The fraction of sp³-hybridized carbons (Fsp3) is 0.615. The first-order valence-electron chi connectivity index (χ1n) is 5.77. The van der Waals surface area contributed by atoms with E-state index in [1.54, 1.807) is 6.08 Å². The van der Waals surface area contributed by atoms with Crippen molar-refractivity contribution in [3.8, 4) is 0 Å². The number of ether oxygens (including phenoxy) is 1. The molecule has 1 aliphatic carbocycles. The second kappa shape index (κ2) is 6.44. The summed E-state index contributed by atoms with van der Waals surface area (Å²) in [5, 5.41) is 0. The Morgan fingerprint density at radius 3 is 2.60 bits per heavy atom. The molecule has 0 amide bonds. The summed E-state index contributed by atoms with van der Waals surface area (Å²) in [5.74, 6) is -0.234. The van der Waals surface area contributed by atoms with E-state index in [9.17, 15) is 4.79 Å². The fourth-order valence-corrected chi connectivity index (χ4v) is 1.88. The number of rotatable bonds is 3. The Morgan fingerprint density at radius 1 is 1.33 bits per heavy atom. The summed E-state index contributed by atoms with van der Waals surface area (Å²) in [6.07, 6.45) is 10.0. The third kappa shape index (κ3) is 4.82. The van der Waals surface area contributed by atoms with Crippen molar-refractivity contribution in [2.75, 3.05) is 6.61 Å². The minimum atomic E-state index is -0.234. The van der Waals surface area contributed by atoms with Crippen LogP contribution in [0.15, 0.2) is 23.3 Å². The van der Waals surface area contributed by atoms with Crippen molar-refractivity contribution < 1.29 is 9.53 Å². The van der Waals surface area contributed by atoms with Gasteiger partial charge in [-0.2, -0.15) is 0 Å². The van der Waals surface area contributed by atoms with Crippen LogP contribution in [0, 0.1) is 0 Å². The maximum atomic E-state index is 11.2. The summed E-state index contributed by atoms with van der Waals surface area (Å²) in [6.45, 7) is 4.22. The molecule has 84 valence electrons. The van der Waals surface area contributed by atoms with E-state index in [0.717, 1.165) is 5.57 Å². The highest BCUT2D eigenvalue weighted by molar-refractivity contribution is 5.83. The molecule has 0 bridgehead atoms. The second-order valence-electron chi connectivity index (χ2n) is 4.00. The molecule has 0 aliphatic heterocycles. The molecule has 0 spiro atoms. The van der Waals surface area contributed by atoms with E-state index in [2.05, 4.69) is 6.08 Å². The van der Waals surface area contributed by atoms with Gasteiger partial charge in [-0.1, -0.05) is 18.1 Å². The Hall–Kier alpha value is -1.05. The first-order valence-corrected chi connectivity index (χ1v) is 5.77. The summed E-state index contributed by atoms with van der Waals surface area (Å²) >= 11 is 0. The number of hydrogen-bond acceptors (Lipinski definition) is 2. The lowest BCUT2D eigenvalue weighted by atomic mass is 9.93.